The van der Waals surface area contributed by atoms with Crippen LogP contribution in [-0.4, -0.2) is 17.1 Å². The van der Waals surface area contributed by atoms with E-state index in [1.807, 2.05) is 6.07 Å². The van der Waals surface area contributed by atoms with Gasteiger partial charge in [-0.3, -0.25) is 10.1 Å². The first-order valence-corrected chi connectivity index (χ1v) is 5.70. The highest BCUT2D eigenvalue weighted by Gasteiger charge is 2.04. The number of carbonyl (C=O) groups excluding carboxylic acids is 1. The molecule has 0 aliphatic carbocycles. The van der Waals surface area contributed by atoms with Crippen molar-refractivity contribution in [3.63, 3.8) is 0 Å². The Morgan fingerprint density at radius 3 is 2.35 bits per heavy atom. The van der Waals surface area contributed by atoms with Crippen molar-refractivity contribution in [3.05, 3.63) is 64.7 Å². The van der Waals surface area contributed by atoms with Gasteiger partial charge < -0.3 is 4.74 Å². The predicted molar refractivity (Wildman–Crippen MR) is 73.3 cm³/mol. The molecule has 6 nitrogen and oxygen atoms in total. The molecule has 0 unspecified atom stereocenters. The summed E-state index contributed by atoms with van der Waals surface area (Å²) in [5, 5.41) is 10.5. The standard InChI is InChI=1S/C14H10N2O4/c17-14(20-13-4-2-1-3-5-13)10-15-11-6-8-12(9-7-11)16(18)19/h1-10H. The van der Waals surface area contributed by atoms with Gasteiger partial charge in [0.1, 0.15) is 12.0 Å². The van der Waals surface area contributed by atoms with Crippen molar-refractivity contribution in [1.82, 2.24) is 0 Å². The number of esters is 1. The monoisotopic (exact) mass is 270 g/mol. The highest BCUT2D eigenvalue weighted by molar-refractivity contribution is 6.24. The quantitative estimate of drug-likeness (QED) is 0.281. The van der Waals surface area contributed by atoms with Gasteiger partial charge in [-0.2, -0.15) is 0 Å². The van der Waals surface area contributed by atoms with E-state index in [4.69, 9.17) is 4.74 Å². The Morgan fingerprint density at radius 1 is 1.10 bits per heavy atom. The van der Waals surface area contributed by atoms with E-state index in [9.17, 15) is 14.9 Å². The summed E-state index contributed by atoms with van der Waals surface area (Å²) in [5.41, 5.74) is 0.399. The number of para-hydroxylation sites is 1. The molecule has 0 aromatic heterocycles. The minimum Gasteiger partial charge on any atom is -0.422 e. The van der Waals surface area contributed by atoms with Gasteiger partial charge in [0.05, 0.1) is 10.6 Å². The summed E-state index contributed by atoms with van der Waals surface area (Å²) in [4.78, 5) is 25.3. The van der Waals surface area contributed by atoms with Gasteiger partial charge in [-0.15, -0.1) is 0 Å². The van der Waals surface area contributed by atoms with Gasteiger partial charge in [-0.1, -0.05) is 18.2 Å². The molecule has 0 saturated carbocycles. The van der Waals surface area contributed by atoms with Gasteiger partial charge in [-0.25, -0.2) is 9.79 Å². The molecule has 0 aliphatic heterocycles. The second-order valence-corrected chi connectivity index (χ2v) is 3.77. The number of non-ortho nitro benzene ring substituents is 1. The van der Waals surface area contributed by atoms with Crippen LogP contribution in [0.2, 0.25) is 0 Å². The third-order valence-corrected chi connectivity index (χ3v) is 2.34. The number of benzene rings is 2. The van der Waals surface area contributed by atoms with Gasteiger partial charge in [0.15, 0.2) is 0 Å². The van der Waals surface area contributed by atoms with Crippen molar-refractivity contribution < 1.29 is 14.5 Å². The first-order chi connectivity index (χ1) is 9.65. The lowest BCUT2D eigenvalue weighted by Gasteiger charge is -1.99. The van der Waals surface area contributed by atoms with E-state index >= 15 is 0 Å². The van der Waals surface area contributed by atoms with Crippen LogP contribution in [0.1, 0.15) is 0 Å². The summed E-state index contributed by atoms with van der Waals surface area (Å²) in [6, 6.07) is 14.1. The summed E-state index contributed by atoms with van der Waals surface area (Å²) in [5.74, 6) is -0.192. The van der Waals surface area contributed by atoms with Crippen molar-refractivity contribution in [3.8, 4) is 5.75 Å². The summed E-state index contributed by atoms with van der Waals surface area (Å²) in [6.45, 7) is 0. The molecule has 0 atom stereocenters. The van der Waals surface area contributed by atoms with Crippen molar-refractivity contribution in [2.45, 2.75) is 0 Å². The van der Waals surface area contributed by atoms with Crippen LogP contribution in [0.3, 0.4) is 0 Å². The highest BCUT2D eigenvalue weighted by Crippen LogP contribution is 2.17. The van der Waals surface area contributed by atoms with Crippen LogP contribution in [-0.2, 0) is 4.79 Å². The molecule has 0 bridgehead atoms. The number of nitrogens with zero attached hydrogens (tertiary/aromatic N) is 2. The average molecular weight is 270 g/mol. The van der Waals surface area contributed by atoms with E-state index in [1.165, 1.54) is 24.3 Å². The molecule has 0 saturated heterocycles. The van der Waals surface area contributed by atoms with Crippen LogP contribution >= 0.6 is 0 Å². The molecule has 0 amide bonds. The van der Waals surface area contributed by atoms with Gasteiger partial charge in [-0.05, 0) is 24.3 Å². The maximum atomic E-state index is 11.5. The largest absolute Gasteiger partial charge is 0.422 e. The Morgan fingerprint density at radius 2 is 1.75 bits per heavy atom. The number of nitro groups is 1. The second-order valence-electron chi connectivity index (χ2n) is 3.77. The molecule has 20 heavy (non-hydrogen) atoms. The third-order valence-electron chi connectivity index (χ3n) is 2.34. The van der Waals surface area contributed by atoms with E-state index < -0.39 is 10.9 Å². The average Bonchev–Trinajstić information content (AvgIpc) is 2.46. The number of ether oxygens (including phenoxy) is 1. The fraction of sp³-hybridized carbons (Fsp3) is 0. The molecule has 0 aliphatic rings. The summed E-state index contributed by atoms with van der Waals surface area (Å²) in [7, 11) is 0. The van der Waals surface area contributed by atoms with Crippen molar-refractivity contribution in [2.24, 2.45) is 4.99 Å². The van der Waals surface area contributed by atoms with Crippen LogP contribution < -0.4 is 4.74 Å². The number of hydrogen-bond donors (Lipinski definition) is 0. The lowest BCUT2D eigenvalue weighted by Crippen LogP contribution is -2.08. The second kappa shape index (κ2) is 6.24. The number of hydrogen-bond acceptors (Lipinski definition) is 5. The number of rotatable bonds is 4. The third kappa shape index (κ3) is 3.74. The van der Waals surface area contributed by atoms with Gasteiger partial charge >= 0.3 is 5.97 Å². The summed E-state index contributed by atoms with van der Waals surface area (Å²) in [6.07, 6.45) is 1.02. The van der Waals surface area contributed by atoms with Crippen molar-refractivity contribution in [1.29, 1.82) is 0 Å². The summed E-state index contributed by atoms with van der Waals surface area (Å²) < 4.78 is 5.00. The lowest BCUT2D eigenvalue weighted by atomic mass is 10.3. The first kappa shape index (κ1) is 13.4. The van der Waals surface area contributed by atoms with Crippen LogP contribution in [0, 0.1) is 10.1 Å². The Kier molecular flexibility index (Phi) is 4.18. The van der Waals surface area contributed by atoms with Gasteiger partial charge in [0.25, 0.3) is 5.69 Å². The van der Waals surface area contributed by atoms with Gasteiger partial charge in [0, 0.05) is 12.1 Å². The maximum Gasteiger partial charge on any atom is 0.354 e. The maximum absolute atomic E-state index is 11.5. The fourth-order valence-electron chi connectivity index (χ4n) is 1.42. The van der Waals surface area contributed by atoms with Crippen LogP contribution in [0.15, 0.2) is 59.6 Å². The first-order valence-electron chi connectivity index (χ1n) is 5.70. The number of carbonyl (C=O) groups is 1. The molecule has 0 radical (unpaired) electrons. The SMILES string of the molecule is O=C(C=Nc1ccc([N+](=O)[O-])cc1)Oc1ccccc1. The van der Waals surface area contributed by atoms with E-state index in [0.717, 1.165) is 6.21 Å². The highest BCUT2D eigenvalue weighted by atomic mass is 16.6. The fourth-order valence-corrected chi connectivity index (χ4v) is 1.42. The Hall–Kier alpha value is -3.02. The molecule has 0 heterocycles. The van der Waals surface area contributed by atoms with E-state index in [2.05, 4.69) is 4.99 Å². The zero-order valence-corrected chi connectivity index (χ0v) is 10.3. The molecule has 0 fully saturated rings. The number of nitro benzene ring substituents is 1. The molecule has 2 rings (SSSR count). The van der Waals surface area contributed by atoms with Crippen LogP contribution in [0.25, 0.3) is 0 Å². The lowest BCUT2D eigenvalue weighted by molar-refractivity contribution is -0.384. The van der Waals surface area contributed by atoms with Crippen LogP contribution in [0.5, 0.6) is 5.75 Å². The number of aliphatic imine (C=N–C) groups is 1. The molecule has 6 heteroatoms. The zero-order chi connectivity index (χ0) is 14.4. The Bertz CT molecular complexity index is 636. The molecule has 2 aromatic carbocycles. The minimum absolute atomic E-state index is 0.0317. The zero-order valence-electron chi connectivity index (χ0n) is 10.3. The Labute approximate surface area is 114 Å². The van der Waals surface area contributed by atoms with Crippen molar-refractivity contribution in [2.75, 3.05) is 0 Å². The van der Waals surface area contributed by atoms with E-state index in [1.54, 1.807) is 24.3 Å². The van der Waals surface area contributed by atoms with E-state index in [-0.39, 0.29) is 5.69 Å². The van der Waals surface area contributed by atoms with Crippen molar-refractivity contribution >= 4 is 23.6 Å². The molecule has 100 valence electrons. The summed E-state index contributed by atoms with van der Waals surface area (Å²) >= 11 is 0. The Balaban J connectivity index is 1.98. The molecular formula is C14H10N2O4. The predicted octanol–water partition coefficient (Wildman–Crippen LogP) is 2.90. The minimum atomic E-state index is -0.616. The van der Waals surface area contributed by atoms with Gasteiger partial charge in [0.2, 0.25) is 0 Å². The molecule has 0 spiro atoms. The molecule has 2 aromatic rings. The van der Waals surface area contributed by atoms with E-state index in [0.29, 0.717) is 11.4 Å². The normalized spacial score (nSPS) is 10.4. The molecular weight excluding hydrogens is 260 g/mol. The van der Waals surface area contributed by atoms with Crippen LogP contribution in [0.4, 0.5) is 11.4 Å². The smallest absolute Gasteiger partial charge is 0.354 e. The molecule has 0 N–H and O–H groups in total. The topological polar surface area (TPSA) is 81.8 Å².